The summed E-state index contributed by atoms with van der Waals surface area (Å²) in [4.78, 5) is 25.4. The Hall–Kier alpha value is -3.48. The molecule has 0 unspecified atom stereocenters. The molecular weight excluding hydrogens is 453 g/mol. The maximum atomic E-state index is 12.9. The fraction of sp³-hybridized carbons (Fsp3) is 0.0833. The van der Waals surface area contributed by atoms with Crippen molar-refractivity contribution in [1.29, 1.82) is 0 Å². The number of benzene rings is 3. The number of para-hydroxylation sites is 1. The molecule has 0 aliphatic carbocycles. The van der Waals surface area contributed by atoms with E-state index in [4.69, 9.17) is 37.1 Å². The average Bonchev–Trinajstić information content (AvgIpc) is 2.78. The van der Waals surface area contributed by atoms with Gasteiger partial charge in [-0.15, -0.1) is 0 Å². The molecule has 4 rings (SSSR count). The first kappa shape index (κ1) is 21.7. The standard InChI is InChI=1S/C24H17Cl2NO5/c1-30-21-8-7-13(16-9-14-5-3-4-6-20(14)32-24(16)29)12-19(21)27-23(28)15-10-17(25)22(31-2)18(26)11-15/h3-12H,1-2H3,(H,27,28). The maximum absolute atomic E-state index is 12.9. The molecule has 1 aromatic heterocycles. The van der Waals surface area contributed by atoms with E-state index in [-0.39, 0.29) is 21.4 Å². The number of hydrogen-bond donors (Lipinski definition) is 1. The van der Waals surface area contributed by atoms with Crippen LogP contribution >= 0.6 is 23.2 Å². The number of carbonyl (C=O) groups is 1. The molecule has 0 radical (unpaired) electrons. The van der Waals surface area contributed by atoms with Gasteiger partial charge in [-0.3, -0.25) is 4.79 Å². The molecule has 3 aromatic carbocycles. The zero-order valence-electron chi connectivity index (χ0n) is 17.1. The van der Waals surface area contributed by atoms with Gasteiger partial charge in [0.2, 0.25) is 0 Å². The molecule has 0 fully saturated rings. The second kappa shape index (κ2) is 8.94. The van der Waals surface area contributed by atoms with Gasteiger partial charge < -0.3 is 19.2 Å². The lowest BCUT2D eigenvalue weighted by molar-refractivity contribution is 0.102. The van der Waals surface area contributed by atoms with E-state index in [1.54, 1.807) is 36.4 Å². The Balaban J connectivity index is 1.73. The fourth-order valence-corrected chi connectivity index (χ4v) is 3.96. The van der Waals surface area contributed by atoms with Gasteiger partial charge in [-0.1, -0.05) is 47.5 Å². The first-order valence-corrected chi connectivity index (χ1v) is 10.2. The topological polar surface area (TPSA) is 77.8 Å². The second-order valence-electron chi connectivity index (χ2n) is 6.83. The van der Waals surface area contributed by atoms with Crippen LogP contribution in [-0.4, -0.2) is 20.1 Å². The van der Waals surface area contributed by atoms with E-state index in [2.05, 4.69) is 5.32 Å². The highest BCUT2D eigenvalue weighted by atomic mass is 35.5. The number of nitrogens with one attached hydrogen (secondary N) is 1. The molecule has 0 aliphatic heterocycles. The average molecular weight is 470 g/mol. The van der Waals surface area contributed by atoms with E-state index in [0.717, 1.165) is 5.39 Å². The third-order valence-corrected chi connectivity index (χ3v) is 5.43. The minimum atomic E-state index is -0.486. The third-order valence-electron chi connectivity index (χ3n) is 4.86. The Morgan fingerprint density at radius 2 is 1.66 bits per heavy atom. The number of rotatable bonds is 5. The molecule has 0 saturated heterocycles. The van der Waals surface area contributed by atoms with Crippen LogP contribution in [-0.2, 0) is 0 Å². The van der Waals surface area contributed by atoms with Gasteiger partial charge in [-0.05, 0) is 42.0 Å². The van der Waals surface area contributed by atoms with Crippen LogP contribution in [0.5, 0.6) is 11.5 Å². The molecule has 0 aliphatic rings. The Kier molecular flexibility index (Phi) is 6.08. The minimum Gasteiger partial charge on any atom is -0.495 e. The van der Waals surface area contributed by atoms with Gasteiger partial charge in [-0.25, -0.2) is 4.79 Å². The summed E-state index contributed by atoms with van der Waals surface area (Å²) in [6.07, 6.45) is 0. The Morgan fingerprint density at radius 3 is 2.34 bits per heavy atom. The number of methoxy groups -OCH3 is 2. The highest BCUT2D eigenvalue weighted by Crippen LogP contribution is 2.35. The van der Waals surface area contributed by atoms with Gasteiger partial charge in [0, 0.05) is 10.9 Å². The van der Waals surface area contributed by atoms with Crippen LogP contribution in [0, 0.1) is 0 Å². The fourth-order valence-electron chi connectivity index (χ4n) is 3.32. The minimum absolute atomic E-state index is 0.208. The van der Waals surface area contributed by atoms with Crippen molar-refractivity contribution < 1.29 is 18.7 Å². The van der Waals surface area contributed by atoms with E-state index < -0.39 is 11.5 Å². The Bertz CT molecular complexity index is 1370. The molecular formula is C24H17Cl2NO5. The van der Waals surface area contributed by atoms with Crippen molar-refractivity contribution in [3.8, 4) is 22.6 Å². The largest absolute Gasteiger partial charge is 0.495 e. The molecule has 0 bridgehead atoms. The molecule has 1 heterocycles. The predicted octanol–water partition coefficient (Wildman–Crippen LogP) is 6.04. The van der Waals surface area contributed by atoms with Crippen molar-refractivity contribution in [2.24, 2.45) is 0 Å². The van der Waals surface area contributed by atoms with Crippen molar-refractivity contribution in [1.82, 2.24) is 0 Å². The lowest BCUT2D eigenvalue weighted by Gasteiger charge is -2.13. The number of anilines is 1. The summed E-state index contributed by atoms with van der Waals surface area (Å²) in [6, 6.07) is 16.9. The van der Waals surface area contributed by atoms with Gasteiger partial charge in [0.05, 0.1) is 35.5 Å². The van der Waals surface area contributed by atoms with E-state index in [9.17, 15) is 9.59 Å². The summed E-state index contributed by atoms with van der Waals surface area (Å²) in [6.45, 7) is 0. The van der Waals surface area contributed by atoms with Crippen LogP contribution < -0.4 is 20.4 Å². The highest BCUT2D eigenvalue weighted by Gasteiger charge is 2.17. The van der Waals surface area contributed by atoms with Crippen molar-refractivity contribution >= 4 is 45.8 Å². The SMILES string of the molecule is COc1ccc(-c2cc3ccccc3oc2=O)cc1NC(=O)c1cc(Cl)c(OC)c(Cl)c1. The van der Waals surface area contributed by atoms with Gasteiger partial charge in [0.1, 0.15) is 11.3 Å². The molecule has 32 heavy (non-hydrogen) atoms. The van der Waals surface area contributed by atoms with Crippen LogP contribution in [0.15, 0.2) is 69.9 Å². The lowest BCUT2D eigenvalue weighted by Crippen LogP contribution is -2.13. The lowest BCUT2D eigenvalue weighted by atomic mass is 10.0. The predicted molar refractivity (Wildman–Crippen MR) is 125 cm³/mol. The molecule has 0 atom stereocenters. The number of fused-ring (bicyclic) bond motifs is 1. The first-order valence-electron chi connectivity index (χ1n) is 9.47. The van der Waals surface area contributed by atoms with Gasteiger partial charge in [-0.2, -0.15) is 0 Å². The highest BCUT2D eigenvalue weighted by molar-refractivity contribution is 6.37. The van der Waals surface area contributed by atoms with E-state index in [1.165, 1.54) is 26.4 Å². The smallest absolute Gasteiger partial charge is 0.344 e. The zero-order chi connectivity index (χ0) is 22.8. The van der Waals surface area contributed by atoms with E-state index >= 15 is 0 Å². The van der Waals surface area contributed by atoms with Crippen molar-refractivity contribution in [2.75, 3.05) is 19.5 Å². The number of amides is 1. The normalized spacial score (nSPS) is 10.8. The molecule has 4 aromatic rings. The van der Waals surface area contributed by atoms with Crippen molar-refractivity contribution in [3.63, 3.8) is 0 Å². The quantitative estimate of drug-likeness (QED) is 0.360. The maximum Gasteiger partial charge on any atom is 0.344 e. The van der Waals surface area contributed by atoms with Gasteiger partial charge in [0.15, 0.2) is 5.75 Å². The Morgan fingerprint density at radius 1 is 0.938 bits per heavy atom. The van der Waals surface area contributed by atoms with Crippen LogP contribution in [0.3, 0.4) is 0 Å². The van der Waals surface area contributed by atoms with E-state index in [0.29, 0.717) is 28.1 Å². The van der Waals surface area contributed by atoms with Gasteiger partial charge in [0.25, 0.3) is 5.91 Å². The summed E-state index contributed by atoms with van der Waals surface area (Å²) >= 11 is 12.3. The van der Waals surface area contributed by atoms with Crippen LogP contribution in [0.2, 0.25) is 10.0 Å². The number of ether oxygens (including phenoxy) is 2. The first-order chi connectivity index (χ1) is 15.4. The summed E-state index contributed by atoms with van der Waals surface area (Å²) in [5.41, 5.74) is 1.53. The molecule has 6 nitrogen and oxygen atoms in total. The van der Waals surface area contributed by atoms with Crippen LogP contribution in [0.1, 0.15) is 10.4 Å². The molecule has 0 spiro atoms. The summed E-state index contributed by atoms with van der Waals surface area (Å²) < 4.78 is 15.9. The second-order valence-corrected chi connectivity index (χ2v) is 7.64. The molecule has 1 amide bonds. The van der Waals surface area contributed by atoms with Gasteiger partial charge >= 0.3 is 5.63 Å². The molecule has 162 valence electrons. The molecule has 1 N–H and O–H groups in total. The zero-order valence-corrected chi connectivity index (χ0v) is 18.6. The molecule has 8 heteroatoms. The summed E-state index contributed by atoms with van der Waals surface area (Å²) in [7, 11) is 2.92. The van der Waals surface area contributed by atoms with Crippen LogP contribution in [0.4, 0.5) is 5.69 Å². The summed E-state index contributed by atoms with van der Waals surface area (Å²) in [5.74, 6) is 0.239. The number of carbonyl (C=O) groups excluding carboxylic acids is 1. The third kappa shape index (κ3) is 4.15. The monoisotopic (exact) mass is 469 g/mol. The number of halogens is 2. The van der Waals surface area contributed by atoms with Crippen LogP contribution in [0.25, 0.3) is 22.1 Å². The summed E-state index contributed by atoms with van der Waals surface area (Å²) in [5, 5.41) is 3.98. The molecule has 0 saturated carbocycles. The van der Waals surface area contributed by atoms with E-state index in [1.807, 2.05) is 12.1 Å². The van der Waals surface area contributed by atoms with Crippen molar-refractivity contribution in [3.05, 3.63) is 86.7 Å². The van der Waals surface area contributed by atoms with Crippen molar-refractivity contribution in [2.45, 2.75) is 0 Å². The number of hydrogen-bond acceptors (Lipinski definition) is 5. The Labute approximate surface area is 193 Å².